The number of aromatic nitrogens is 4. The number of likely N-dealkylation sites (tertiary alicyclic amines) is 1. The number of nitrogens with zero attached hydrogens (tertiary/aromatic N) is 5. The number of hydrogen-bond acceptors (Lipinski definition) is 5. The van der Waals surface area contributed by atoms with Gasteiger partial charge < -0.3 is 9.64 Å². The molecule has 1 unspecified atom stereocenters. The molecule has 0 bridgehead atoms. The second-order valence-corrected chi connectivity index (χ2v) is 5.84. The van der Waals surface area contributed by atoms with E-state index in [2.05, 4.69) is 15.1 Å². The maximum atomic E-state index is 12.5. The van der Waals surface area contributed by atoms with Gasteiger partial charge in [0.2, 0.25) is 5.91 Å². The fourth-order valence-corrected chi connectivity index (χ4v) is 2.80. The van der Waals surface area contributed by atoms with Crippen molar-refractivity contribution < 1.29 is 9.53 Å². The van der Waals surface area contributed by atoms with Crippen molar-refractivity contribution in [2.45, 2.75) is 32.4 Å². The summed E-state index contributed by atoms with van der Waals surface area (Å²) < 4.78 is 7.63. The highest BCUT2D eigenvalue weighted by atomic mass is 16.5. The van der Waals surface area contributed by atoms with Crippen molar-refractivity contribution in [3.8, 4) is 5.75 Å². The minimum atomic E-state index is -0.102. The number of carbonyl (C=O) groups excluding carboxylic acids is 1. The van der Waals surface area contributed by atoms with E-state index in [0.717, 1.165) is 31.7 Å². The lowest BCUT2D eigenvalue weighted by Crippen LogP contribution is -2.44. The van der Waals surface area contributed by atoms with Crippen molar-refractivity contribution in [1.29, 1.82) is 0 Å². The van der Waals surface area contributed by atoms with Crippen LogP contribution in [-0.2, 0) is 11.3 Å². The fraction of sp³-hybridized carbons (Fsp3) is 0.500. The zero-order valence-electron chi connectivity index (χ0n) is 13.2. The summed E-state index contributed by atoms with van der Waals surface area (Å²) >= 11 is 0. The van der Waals surface area contributed by atoms with Crippen molar-refractivity contribution in [1.82, 2.24) is 24.6 Å². The zero-order valence-corrected chi connectivity index (χ0v) is 13.2. The second kappa shape index (κ2) is 7.21. The normalized spacial score (nSPS) is 17.0. The zero-order chi connectivity index (χ0) is 16.1. The molecule has 1 aliphatic rings. The molecule has 1 fully saturated rings. The van der Waals surface area contributed by atoms with E-state index in [4.69, 9.17) is 4.74 Å². The Morgan fingerprint density at radius 2 is 2.04 bits per heavy atom. The minimum absolute atomic E-state index is 0.102. The van der Waals surface area contributed by atoms with Crippen LogP contribution in [0.1, 0.15) is 19.8 Å². The van der Waals surface area contributed by atoms with Crippen LogP contribution in [0.3, 0.4) is 0 Å². The molecule has 1 atom stereocenters. The molecule has 2 aromatic heterocycles. The van der Waals surface area contributed by atoms with E-state index in [9.17, 15) is 4.79 Å². The van der Waals surface area contributed by atoms with E-state index in [1.54, 1.807) is 23.4 Å². The third-order valence-corrected chi connectivity index (χ3v) is 4.06. The number of amides is 1. The van der Waals surface area contributed by atoms with Gasteiger partial charge in [-0.25, -0.2) is 4.98 Å². The molecule has 122 valence electrons. The van der Waals surface area contributed by atoms with E-state index in [1.165, 1.54) is 6.33 Å². The van der Waals surface area contributed by atoms with Crippen LogP contribution in [0.5, 0.6) is 5.75 Å². The average Bonchev–Trinajstić information content (AvgIpc) is 3.09. The summed E-state index contributed by atoms with van der Waals surface area (Å²) in [6.07, 6.45) is 8.43. The van der Waals surface area contributed by atoms with Crippen molar-refractivity contribution in [2.75, 3.05) is 13.1 Å². The van der Waals surface area contributed by atoms with E-state index >= 15 is 0 Å². The van der Waals surface area contributed by atoms with Gasteiger partial charge in [-0.05, 0) is 12.1 Å². The maximum absolute atomic E-state index is 12.5. The van der Waals surface area contributed by atoms with E-state index in [1.807, 2.05) is 24.0 Å². The molecule has 0 aliphatic carbocycles. The highest BCUT2D eigenvalue weighted by Gasteiger charge is 2.27. The Morgan fingerprint density at radius 1 is 1.30 bits per heavy atom. The molecule has 0 radical (unpaired) electrons. The Labute approximate surface area is 135 Å². The van der Waals surface area contributed by atoms with Crippen LogP contribution in [0, 0.1) is 5.92 Å². The van der Waals surface area contributed by atoms with E-state index in [-0.39, 0.29) is 17.9 Å². The van der Waals surface area contributed by atoms with Crippen LogP contribution in [0.15, 0.2) is 37.2 Å². The fourth-order valence-electron chi connectivity index (χ4n) is 2.80. The Bertz CT molecular complexity index is 609. The predicted molar refractivity (Wildman–Crippen MR) is 83.7 cm³/mol. The van der Waals surface area contributed by atoms with Gasteiger partial charge in [0.15, 0.2) is 0 Å². The third-order valence-electron chi connectivity index (χ3n) is 4.06. The molecular formula is C16H21N5O2. The molecule has 1 saturated heterocycles. The smallest absolute Gasteiger partial charge is 0.227 e. The molecule has 0 N–H and O–H groups in total. The summed E-state index contributed by atoms with van der Waals surface area (Å²) in [5.41, 5.74) is 0. The molecule has 1 amide bonds. The van der Waals surface area contributed by atoms with Crippen LogP contribution in [0.2, 0.25) is 0 Å². The van der Waals surface area contributed by atoms with Gasteiger partial charge in [0.05, 0.1) is 12.5 Å². The molecule has 1 aliphatic heterocycles. The van der Waals surface area contributed by atoms with Gasteiger partial charge in [-0.15, -0.1) is 0 Å². The summed E-state index contributed by atoms with van der Waals surface area (Å²) in [6.45, 7) is 3.96. The Hall–Kier alpha value is -2.44. The second-order valence-electron chi connectivity index (χ2n) is 5.84. The van der Waals surface area contributed by atoms with Crippen LogP contribution in [-0.4, -0.2) is 49.7 Å². The summed E-state index contributed by atoms with van der Waals surface area (Å²) in [7, 11) is 0. The SMILES string of the molecule is CC(Cn1cncn1)C(=O)N1CCC(Oc2ccncc2)CC1. The van der Waals surface area contributed by atoms with Crippen molar-refractivity contribution in [3.63, 3.8) is 0 Å². The summed E-state index contributed by atoms with van der Waals surface area (Å²) in [6, 6.07) is 3.72. The predicted octanol–water partition coefficient (Wildman–Crippen LogP) is 1.38. The highest BCUT2D eigenvalue weighted by molar-refractivity contribution is 5.78. The van der Waals surface area contributed by atoms with Gasteiger partial charge in [0.1, 0.15) is 24.5 Å². The first-order valence-corrected chi connectivity index (χ1v) is 7.90. The molecular weight excluding hydrogens is 294 g/mol. The standard InChI is InChI=1S/C16H21N5O2/c1-13(10-21-12-18-11-19-21)16(22)20-8-4-15(5-9-20)23-14-2-6-17-7-3-14/h2-3,6-7,11-13,15H,4-5,8-10H2,1H3. The maximum Gasteiger partial charge on any atom is 0.227 e. The lowest BCUT2D eigenvalue weighted by atomic mass is 10.0. The van der Waals surface area contributed by atoms with E-state index < -0.39 is 0 Å². The molecule has 0 saturated carbocycles. The number of pyridine rings is 1. The number of carbonyl (C=O) groups is 1. The molecule has 23 heavy (non-hydrogen) atoms. The molecule has 2 aromatic rings. The van der Waals surface area contributed by atoms with Crippen LogP contribution < -0.4 is 4.74 Å². The van der Waals surface area contributed by atoms with Gasteiger partial charge >= 0.3 is 0 Å². The van der Waals surface area contributed by atoms with Crippen LogP contribution in [0.4, 0.5) is 0 Å². The van der Waals surface area contributed by atoms with Gasteiger partial charge in [0.25, 0.3) is 0 Å². The topological polar surface area (TPSA) is 73.1 Å². The highest BCUT2D eigenvalue weighted by Crippen LogP contribution is 2.19. The number of piperidine rings is 1. The van der Waals surface area contributed by atoms with Gasteiger partial charge in [-0.3, -0.25) is 14.5 Å². The monoisotopic (exact) mass is 315 g/mol. The summed E-state index contributed by atoms with van der Waals surface area (Å²) in [5.74, 6) is 0.904. The van der Waals surface area contributed by atoms with Crippen molar-refractivity contribution >= 4 is 5.91 Å². The lowest BCUT2D eigenvalue weighted by Gasteiger charge is -2.33. The number of rotatable bonds is 5. The van der Waals surface area contributed by atoms with Crippen LogP contribution in [0.25, 0.3) is 0 Å². The largest absolute Gasteiger partial charge is 0.490 e. The Kier molecular flexibility index (Phi) is 4.85. The first-order valence-electron chi connectivity index (χ1n) is 7.90. The third kappa shape index (κ3) is 4.06. The first kappa shape index (κ1) is 15.5. The molecule has 3 rings (SSSR count). The average molecular weight is 315 g/mol. The molecule has 0 spiro atoms. The quantitative estimate of drug-likeness (QED) is 0.833. The van der Waals surface area contributed by atoms with Crippen molar-refractivity contribution in [2.24, 2.45) is 5.92 Å². The summed E-state index contributed by atoms with van der Waals surface area (Å²) in [4.78, 5) is 22.3. The Morgan fingerprint density at radius 3 is 2.70 bits per heavy atom. The number of hydrogen-bond donors (Lipinski definition) is 0. The number of ether oxygens (including phenoxy) is 1. The lowest BCUT2D eigenvalue weighted by molar-refractivity contribution is -0.137. The van der Waals surface area contributed by atoms with Gasteiger partial charge in [0, 0.05) is 38.3 Å². The van der Waals surface area contributed by atoms with E-state index in [0.29, 0.717) is 6.54 Å². The molecule has 7 heteroatoms. The van der Waals surface area contributed by atoms with Gasteiger partial charge in [-0.1, -0.05) is 6.92 Å². The molecule has 7 nitrogen and oxygen atoms in total. The molecule has 0 aromatic carbocycles. The summed E-state index contributed by atoms with van der Waals surface area (Å²) in [5, 5.41) is 4.05. The minimum Gasteiger partial charge on any atom is -0.490 e. The molecule has 3 heterocycles. The van der Waals surface area contributed by atoms with Crippen LogP contribution >= 0.6 is 0 Å². The Balaban J connectivity index is 1.47. The first-order chi connectivity index (χ1) is 11.2. The van der Waals surface area contributed by atoms with Gasteiger partial charge in [-0.2, -0.15) is 5.10 Å². The van der Waals surface area contributed by atoms with Crippen molar-refractivity contribution in [3.05, 3.63) is 37.2 Å².